The highest BCUT2D eigenvalue weighted by Gasteiger charge is 2.11. The van der Waals surface area contributed by atoms with Crippen LogP contribution in [0.4, 0.5) is 17.2 Å². The Kier molecular flexibility index (Phi) is 7.84. The number of nitrogens with one attached hydrogen (secondary N) is 1. The Hall–Kier alpha value is -3.38. The van der Waals surface area contributed by atoms with E-state index in [2.05, 4.69) is 58.2 Å². The summed E-state index contributed by atoms with van der Waals surface area (Å²) in [5.74, 6) is 0.707. The molecule has 0 saturated carbocycles. The van der Waals surface area contributed by atoms with Gasteiger partial charge >= 0.3 is 0 Å². The third-order valence-electron chi connectivity index (χ3n) is 5.47. The highest BCUT2D eigenvalue weighted by molar-refractivity contribution is 6.05. The predicted molar refractivity (Wildman–Crippen MR) is 133 cm³/mol. The second-order valence-electron chi connectivity index (χ2n) is 7.90. The van der Waals surface area contributed by atoms with Crippen molar-refractivity contribution in [3.05, 3.63) is 71.9 Å². The molecule has 3 aromatic rings. The molecule has 3 rings (SSSR count). The number of amides is 1. The predicted octanol–water partition coefficient (Wildman–Crippen LogP) is 4.85. The molecule has 0 unspecified atom stereocenters. The SMILES string of the molecule is CCN(CCOC)c1ccc(NC(=O)c2ccc(C)c(-c3ccc(N(C)C)cc3)c2)cn1. The molecule has 1 amide bonds. The van der Waals surface area contributed by atoms with E-state index in [4.69, 9.17) is 4.74 Å². The Morgan fingerprint density at radius 3 is 2.41 bits per heavy atom. The van der Waals surface area contributed by atoms with Crippen LogP contribution in [0.15, 0.2) is 60.8 Å². The number of likely N-dealkylation sites (N-methyl/N-ethyl adjacent to an activating group) is 1. The van der Waals surface area contributed by atoms with Gasteiger partial charge in [0.05, 0.1) is 18.5 Å². The molecule has 168 valence electrons. The molecule has 0 radical (unpaired) electrons. The first-order valence-corrected chi connectivity index (χ1v) is 10.8. The van der Waals surface area contributed by atoms with Crippen LogP contribution in [0.2, 0.25) is 0 Å². The number of aromatic nitrogens is 1. The fourth-order valence-corrected chi connectivity index (χ4v) is 3.50. The van der Waals surface area contributed by atoms with E-state index in [1.807, 2.05) is 44.4 Å². The van der Waals surface area contributed by atoms with Gasteiger partial charge in [0, 0.05) is 45.5 Å². The zero-order valence-corrected chi connectivity index (χ0v) is 19.6. The first-order chi connectivity index (χ1) is 15.4. The van der Waals surface area contributed by atoms with Gasteiger partial charge in [-0.05, 0) is 66.9 Å². The first kappa shape index (κ1) is 23.3. The molecule has 0 saturated heterocycles. The van der Waals surface area contributed by atoms with Crippen molar-refractivity contribution in [2.75, 3.05) is 56.0 Å². The summed E-state index contributed by atoms with van der Waals surface area (Å²) in [5, 5.41) is 2.96. The van der Waals surface area contributed by atoms with E-state index in [1.54, 1.807) is 13.3 Å². The Balaban J connectivity index is 1.75. The van der Waals surface area contributed by atoms with Crippen LogP contribution >= 0.6 is 0 Å². The smallest absolute Gasteiger partial charge is 0.255 e. The number of anilines is 3. The molecular weight excluding hydrogens is 400 g/mol. The van der Waals surface area contributed by atoms with Crippen molar-refractivity contribution in [1.29, 1.82) is 0 Å². The van der Waals surface area contributed by atoms with E-state index in [0.717, 1.165) is 41.3 Å². The number of hydrogen-bond donors (Lipinski definition) is 1. The highest BCUT2D eigenvalue weighted by atomic mass is 16.5. The lowest BCUT2D eigenvalue weighted by Gasteiger charge is -2.21. The zero-order valence-electron chi connectivity index (χ0n) is 19.6. The Bertz CT molecular complexity index is 1030. The molecule has 0 aliphatic carbocycles. The van der Waals surface area contributed by atoms with E-state index >= 15 is 0 Å². The molecule has 0 fully saturated rings. The molecule has 0 atom stereocenters. The van der Waals surface area contributed by atoms with E-state index in [-0.39, 0.29) is 5.91 Å². The number of carbonyl (C=O) groups excluding carboxylic acids is 1. The van der Waals surface area contributed by atoms with Crippen molar-refractivity contribution >= 4 is 23.1 Å². The van der Waals surface area contributed by atoms with Crippen LogP contribution in [-0.4, -0.2) is 51.8 Å². The van der Waals surface area contributed by atoms with Gasteiger partial charge in [0.15, 0.2) is 0 Å². The number of pyridine rings is 1. The van der Waals surface area contributed by atoms with Gasteiger partial charge in [-0.3, -0.25) is 4.79 Å². The summed E-state index contributed by atoms with van der Waals surface area (Å²) in [6.07, 6.45) is 1.69. The van der Waals surface area contributed by atoms with Crippen LogP contribution in [0.25, 0.3) is 11.1 Å². The van der Waals surface area contributed by atoms with Crippen LogP contribution in [0, 0.1) is 6.92 Å². The number of benzene rings is 2. The molecule has 0 aliphatic heterocycles. The molecular formula is C26H32N4O2. The van der Waals surface area contributed by atoms with E-state index in [1.165, 1.54) is 0 Å². The largest absolute Gasteiger partial charge is 0.383 e. The second-order valence-corrected chi connectivity index (χ2v) is 7.90. The molecule has 32 heavy (non-hydrogen) atoms. The number of hydrogen-bond acceptors (Lipinski definition) is 5. The average molecular weight is 433 g/mol. The summed E-state index contributed by atoms with van der Waals surface area (Å²) in [7, 11) is 5.73. The quantitative estimate of drug-likeness (QED) is 0.524. The summed E-state index contributed by atoms with van der Waals surface area (Å²) < 4.78 is 5.16. The fraction of sp³-hybridized carbons (Fsp3) is 0.308. The van der Waals surface area contributed by atoms with Crippen molar-refractivity contribution in [3.8, 4) is 11.1 Å². The standard InChI is InChI=1S/C26H32N4O2/c1-6-30(15-16-32-5)25-14-11-22(18-27-25)28-26(31)21-8-7-19(2)24(17-21)20-9-12-23(13-10-20)29(3)4/h7-14,17-18H,6,15-16H2,1-5H3,(H,28,31). The van der Waals surface area contributed by atoms with E-state index < -0.39 is 0 Å². The molecule has 1 heterocycles. The number of ether oxygens (including phenoxy) is 1. The van der Waals surface area contributed by atoms with Crippen molar-refractivity contribution in [2.45, 2.75) is 13.8 Å². The van der Waals surface area contributed by atoms with Crippen LogP contribution in [0.3, 0.4) is 0 Å². The number of rotatable bonds is 9. The molecule has 0 aliphatic rings. The van der Waals surface area contributed by atoms with Crippen LogP contribution < -0.4 is 15.1 Å². The molecule has 0 spiro atoms. The van der Waals surface area contributed by atoms with Crippen LogP contribution in [0.5, 0.6) is 0 Å². The third kappa shape index (κ3) is 5.65. The van der Waals surface area contributed by atoms with E-state index in [0.29, 0.717) is 17.9 Å². The van der Waals surface area contributed by atoms with Gasteiger partial charge in [0.25, 0.3) is 5.91 Å². The summed E-state index contributed by atoms with van der Waals surface area (Å²) in [6.45, 7) is 6.39. The molecule has 0 bridgehead atoms. The topological polar surface area (TPSA) is 57.7 Å². The normalized spacial score (nSPS) is 10.7. The minimum absolute atomic E-state index is 0.155. The summed E-state index contributed by atoms with van der Waals surface area (Å²) >= 11 is 0. The Morgan fingerprint density at radius 1 is 1.06 bits per heavy atom. The Labute approximate surface area is 190 Å². The number of aryl methyl sites for hydroxylation is 1. The van der Waals surface area contributed by atoms with Gasteiger partial charge in [0.1, 0.15) is 5.82 Å². The number of carbonyl (C=O) groups is 1. The van der Waals surface area contributed by atoms with Gasteiger partial charge in [-0.2, -0.15) is 0 Å². The maximum atomic E-state index is 12.9. The van der Waals surface area contributed by atoms with Crippen LogP contribution in [0.1, 0.15) is 22.8 Å². The summed E-state index contributed by atoms with van der Waals surface area (Å²) in [4.78, 5) is 21.6. The Morgan fingerprint density at radius 2 is 1.81 bits per heavy atom. The van der Waals surface area contributed by atoms with Crippen molar-refractivity contribution in [3.63, 3.8) is 0 Å². The lowest BCUT2D eigenvalue weighted by atomic mass is 9.97. The molecule has 2 aromatic carbocycles. The second kappa shape index (κ2) is 10.8. The monoisotopic (exact) mass is 432 g/mol. The summed E-state index contributed by atoms with van der Waals surface area (Å²) in [6, 6.07) is 17.9. The maximum Gasteiger partial charge on any atom is 0.255 e. The fourth-order valence-electron chi connectivity index (χ4n) is 3.50. The number of nitrogens with zero attached hydrogens (tertiary/aromatic N) is 3. The zero-order chi connectivity index (χ0) is 23.1. The minimum atomic E-state index is -0.155. The van der Waals surface area contributed by atoms with Gasteiger partial charge in [0.2, 0.25) is 0 Å². The van der Waals surface area contributed by atoms with Crippen molar-refractivity contribution in [2.24, 2.45) is 0 Å². The van der Waals surface area contributed by atoms with Gasteiger partial charge < -0.3 is 19.9 Å². The van der Waals surface area contributed by atoms with Crippen LogP contribution in [-0.2, 0) is 4.74 Å². The number of methoxy groups -OCH3 is 1. The summed E-state index contributed by atoms with van der Waals surface area (Å²) in [5.41, 5.74) is 5.68. The van der Waals surface area contributed by atoms with Gasteiger partial charge in [-0.15, -0.1) is 0 Å². The van der Waals surface area contributed by atoms with Crippen molar-refractivity contribution < 1.29 is 9.53 Å². The lowest BCUT2D eigenvalue weighted by Crippen LogP contribution is -2.27. The van der Waals surface area contributed by atoms with Gasteiger partial charge in [-0.25, -0.2) is 4.98 Å². The van der Waals surface area contributed by atoms with Gasteiger partial charge in [-0.1, -0.05) is 18.2 Å². The van der Waals surface area contributed by atoms with Crippen molar-refractivity contribution in [1.82, 2.24) is 4.98 Å². The van der Waals surface area contributed by atoms with E-state index in [9.17, 15) is 4.79 Å². The first-order valence-electron chi connectivity index (χ1n) is 10.8. The lowest BCUT2D eigenvalue weighted by molar-refractivity contribution is 0.102. The average Bonchev–Trinajstić information content (AvgIpc) is 2.81. The molecule has 1 N–H and O–H groups in total. The molecule has 6 nitrogen and oxygen atoms in total. The molecule has 1 aromatic heterocycles. The highest BCUT2D eigenvalue weighted by Crippen LogP contribution is 2.27. The minimum Gasteiger partial charge on any atom is -0.383 e. The maximum absolute atomic E-state index is 12.9. The molecule has 6 heteroatoms. The third-order valence-corrected chi connectivity index (χ3v) is 5.47.